The van der Waals surface area contributed by atoms with Crippen LogP contribution in [0.3, 0.4) is 0 Å². The third kappa shape index (κ3) is 4.55. The maximum absolute atomic E-state index is 11.8. The molecule has 0 aliphatic carbocycles. The van der Waals surface area contributed by atoms with E-state index in [-0.39, 0.29) is 0 Å². The highest BCUT2D eigenvalue weighted by Gasteiger charge is 2.16. The first-order valence-electron chi connectivity index (χ1n) is 7.15. The predicted octanol–water partition coefficient (Wildman–Crippen LogP) is -0.0793. The Morgan fingerprint density at radius 1 is 1.06 bits per heavy atom. The highest BCUT2D eigenvalue weighted by Crippen LogP contribution is 2.08. The molecule has 0 spiro atoms. The van der Waals surface area contributed by atoms with Crippen molar-refractivity contribution in [1.29, 1.82) is 0 Å². The van der Waals surface area contributed by atoms with Crippen molar-refractivity contribution in [3.05, 3.63) is 0 Å². The summed E-state index contributed by atoms with van der Waals surface area (Å²) in [6.07, 6.45) is 3.00. The summed E-state index contributed by atoms with van der Waals surface area (Å²) in [6, 6.07) is 0. The van der Waals surface area contributed by atoms with Gasteiger partial charge in [-0.3, -0.25) is 9.69 Å². The Balaban J connectivity index is 1.46. The molecule has 104 valence electrons. The monoisotopic (exact) mass is 255 g/mol. The standard InChI is InChI=1S/C13H25N3O2/c17-13(16-6-1-2-7-16)3-4-14-5-8-15-9-11-18-12-10-15/h14H,1-12H2. The first-order valence-corrected chi connectivity index (χ1v) is 7.15. The quantitative estimate of drug-likeness (QED) is 0.674. The average molecular weight is 255 g/mol. The first-order chi connectivity index (χ1) is 8.86. The molecule has 2 saturated heterocycles. The van der Waals surface area contributed by atoms with Gasteiger partial charge in [0, 0.05) is 52.2 Å². The van der Waals surface area contributed by atoms with Crippen molar-refractivity contribution in [2.24, 2.45) is 0 Å². The van der Waals surface area contributed by atoms with Crippen molar-refractivity contribution in [2.75, 3.05) is 59.0 Å². The molecular formula is C13H25N3O2. The second-order valence-corrected chi connectivity index (χ2v) is 5.04. The molecular weight excluding hydrogens is 230 g/mol. The lowest BCUT2D eigenvalue weighted by molar-refractivity contribution is -0.130. The summed E-state index contributed by atoms with van der Waals surface area (Å²) in [4.78, 5) is 16.2. The highest BCUT2D eigenvalue weighted by atomic mass is 16.5. The summed E-state index contributed by atoms with van der Waals surface area (Å²) >= 11 is 0. The number of rotatable bonds is 6. The van der Waals surface area contributed by atoms with Crippen molar-refractivity contribution in [2.45, 2.75) is 19.3 Å². The van der Waals surface area contributed by atoms with Crippen LogP contribution in [-0.2, 0) is 9.53 Å². The van der Waals surface area contributed by atoms with Crippen molar-refractivity contribution < 1.29 is 9.53 Å². The number of ether oxygens (including phenoxy) is 1. The van der Waals surface area contributed by atoms with E-state index < -0.39 is 0 Å². The van der Waals surface area contributed by atoms with Gasteiger partial charge in [0.1, 0.15) is 0 Å². The molecule has 18 heavy (non-hydrogen) atoms. The molecule has 1 N–H and O–H groups in total. The molecule has 0 unspecified atom stereocenters. The molecule has 1 amide bonds. The van der Waals surface area contributed by atoms with E-state index in [0.717, 1.165) is 59.0 Å². The number of carbonyl (C=O) groups excluding carboxylic acids is 1. The Hall–Kier alpha value is -0.650. The van der Waals surface area contributed by atoms with E-state index in [1.165, 1.54) is 12.8 Å². The normalized spacial score (nSPS) is 21.4. The van der Waals surface area contributed by atoms with Crippen LogP contribution in [0.15, 0.2) is 0 Å². The molecule has 0 aromatic heterocycles. The van der Waals surface area contributed by atoms with Gasteiger partial charge in [-0.15, -0.1) is 0 Å². The van der Waals surface area contributed by atoms with Gasteiger partial charge >= 0.3 is 0 Å². The number of hydrogen-bond donors (Lipinski definition) is 1. The van der Waals surface area contributed by atoms with Crippen molar-refractivity contribution in [1.82, 2.24) is 15.1 Å². The summed E-state index contributed by atoms with van der Waals surface area (Å²) < 4.78 is 5.30. The topological polar surface area (TPSA) is 44.8 Å². The SMILES string of the molecule is O=C(CCNCCN1CCOCC1)N1CCCC1. The molecule has 2 aliphatic rings. The molecule has 0 bridgehead atoms. The Bertz CT molecular complexity index is 249. The smallest absolute Gasteiger partial charge is 0.223 e. The summed E-state index contributed by atoms with van der Waals surface area (Å²) in [5, 5.41) is 3.36. The molecule has 0 saturated carbocycles. The summed E-state index contributed by atoms with van der Waals surface area (Å²) in [5.74, 6) is 0.311. The van der Waals surface area contributed by atoms with Gasteiger partial charge in [0.05, 0.1) is 13.2 Å². The fraction of sp³-hybridized carbons (Fsp3) is 0.923. The van der Waals surface area contributed by atoms with Gasteiger partial charge in [-0.05, 0) is 12.8 Å². The second-order valence-electron chi connectivity index (χ2n) is 5.04. The molecule has 2 heterocycles. The Morgan fingerprint density at radius 2 is 1.78 bits per heavy atom. The average Bonchev–Trinajstić information content (AvgIpc) is 2.93. The number of likely N-dealkylation sites (tertiary alicyclic amines) is 1. The van der Waals surface area contributed by atoms with Crippen LogP contribution in [0.5, 0.6) is 0 Å². The van der Waals surface area contributed by atoms with Gasteiger partial charge in [-0.25, -0.2) is 0 Å². The minimum Gasteiger partial charge on any atom is -0.379 e. The number of morpholine rings is 1. The van der Waals surface area contributed by atoms with Gasteiger partial charge in [0.25, 0.3) is 0 Å². The third-order valence-electron chi connectivity index (χ3n) is 3.68. The van der Waals surface area contributed by atoms with Crippen LogP contribution < -0.4 is 5.32 Å². The molecule has 0 aromatic rings. The van der Waals surface area contributed by atoms with Crippen LogP contribution in [-0.4, -0.2) is 74.7 Å². The van der Waals surface area contributed by atoms with Crippen LogP contribution in [0.2, 0.25) is 0 Å². The van der Waals surface area contributed by atoms with Crippen molar-refractivity contribution in [3.8, 4) is 0 Å². The number of amides is 1. The van der Waals surface area contributed by atoms with Crippen molar-refractivity contribution >= 4 is 5.91 Å². The van der Waals surface area contributed by atoms with Crippen LogP contribution in [0.4, 0.5) is 0 Å². The minimum absolute atomic E-state index is 0.311. The molecule has 5 heteroatoms. The highest BCUT2D eigenvalue weighted by molar-refractivity contribution is 5.76. The van der Waals surface area contributed by atoms with Gasteiger partial charge in [-0.1, -0.05) is 0 Å². The number of nitrogens with zero attached hydrogens (tertiary/aromatic N) is 2. The zero-order valence-electron chi connectivity index (χ0n) is 11.2. The predicted molar refractivity (Wildman–Crippen MR) is 70.6 cm³/mol. The van der Waals surface area contributed by atoms with E-state index in [0.29, 0.717) is 12.3 Å². The maximum atomic E-state index is 11.8. The van der Waals surface area contributed by atoms with E-state index in [4.69, 9.17) is 4.74 Å². The summed E-state index contributed by atoms with van der Waals surface area (Å²) in [5.41, 5.74) is 0. The van der Waals surface area contributed by atoms with E-state index in [2.05, 4.69) is 10.2 Å². The molecule has 0 aromatic carbocycles. The van der Waals surface area contributed by atoms with E-state index in [9.17, 15) is 4.79 Å². The maximum Gasteiger partial charge on any atom is 0.223 e. The fourth-order valence-corrected chi connectivity index (χ4v) is 2.51. The number of nitrogens with one attached hydrogen (secondary N) is 1. The summed E-state index contributed by atoms with van der Waals surface area (Å²) in [6.45, 7) is 8.54. The largest absolute Gasteiger partial charge is 0.379 e. The zero-order valence-corrected chi connectivity index (χ0v) is 11.2. The Kier molecular flexibility index (Phi) is 5.90. The molecule has 2 fully saturated rings. The molecule has 2 aliphatic heterocycles. The van der Waals surface area contributed by atoms with Gasteiger partial charge < -0.3 is 15.0 Å². The van der Waals surface area contributed by atoms with Gasteiger partial charge in [0.2, 0.25) is 5.91 Å². The lowest BCUT2D eigenvalue weighted by atomic mass is 10.3. The minimum atomic E-state index is 0.311. The van der Waals surface area contributed by atoms with Crippen molar-refractivity contribution in [3.63, 3.8) is 0 Å². The third-order valence-corrected chi connectivity index (χ3v) is 3.68. The zero-order chi connectivity index (χ0) is 12.6. The van der Waals surface area contributed by atoms with E-state index in [1.54, 1.807) is 0 Å². The molecule has 0 radical (unpaired) electrons. The lowest BCUT2D eigenvalue weighted by Gasteiger charge is -2.26. The molecule has 2 rings (SSSR count). The second kappa shape index (κ2) is 7.71. The Labute approximate surface area is 109 Å². The molecule has 0 atom stereocenters. The summed E-state index contributed by atoms with van der Waals surface area (Å²) in [7, 11) is 0. The number of hydrogen-bond acceptors (Lipinski definition) is 4. The fourth-order valence-electron chi connectivity index (χ4n) is 2.51. The Morgan fingerprint density at radius 3 is 2.50 bits per heavy atom. The lowest BCUT2D eigenvalue weighted by Crippen LogP contribution is -2.40. The number of carbonyl (C=O) groups is 1. The first kappa shape index (κ1) is 13.8. The van der Waals surface area contributed by atoms with Crippen LogP contribution in [0.1, 0.15) is 19.3 Å². The van der Waals surface area contributed by atoms with Gasteiger partial charge in [0.15, 0.2) is 0 Å². The van der Waals surface area contributed by atoms with Gasteiger partial charge in [-0.2, -0.15) is 0 Å². The molecule has 5 nitrogen and oxygen atoms in total. The van der Waals surface area contributed by atoms with E-state index >= 15 is 0 Å². The van der Waals surface area contributed by atoms with Crippen LogP contribution in [0.25, 0.3) is 0 Å². The van der Waals surface area contributed by atoms with E-state index in [1.807, 2.05) is 4.90 Å². The van der Waals surface area contributed by atoms with Crippen LogP contribution in [0, 0.1) is 0 Å². The van der Waals surface area contributed by atoms with Crippen LogP contribution >= 0.6 is 0 Å².